The molecule has 3 atom stereocenters. The summed E-state index contributed by atoms with van der Waals surface area (Å²) in [7, 11) is 0. The van der Waals surface area contributed by atoms with Gasteiger partial charge in [0.1, 0.15) is 0 Å². The van der Waals surface area contributed by atoms with Crippen LogP contribution < -0.4 is 0 Å². The molecular formula is C12H21NO. The molecule has 2 fully saturated rings. The summed E-state index contributed by atoms with van der Waals surface area (Å²) in [6.07, 6.45) is 4.47. The quantitative estimate of drug-likeness (QED) is 0.662. The van der Waals surface area contributed by atoms with Gasteiger partial charge in [0.25, 0.3) is 0 Å². The number of hydrogen-bond donors (Lipinski definition) is 0. The van der Waals surface area contributed by atoms with Crippen LogP contribution in [0.25, 0.3) is 0 Å². The standard InChI is InChI=1S/C12H21NO/c1-8(2)6-12(14)13-10-4-5-11(13)9(3)7-10/h8-11H,4-7H2,1-3H3. The van der Waals surface area contributed by atoms with E-state index in [4.69, 9.17) is 0 Å². The molecule has 2 nitrogen and oxygen atoms in total. The Morgan fingerprint density at radius 3 is 2.57 bits per heavy atom. The van der Waals surface area contributed by atoms with E-state index in [1.54, 1.807) is 0 Å². The highest BCUT2D eigenvalue weighted by Gasteiger charge is 2.46. The smallest absolute Gasteiger partial charge is 0.223 e. The van der Waals surface area contributed by atoms with Crippen molar-refractivity contribution in [3.05, 3.63) is 0 Å². The van der Waals surface area contributed by atoms with Crippen LogP contribution in [0.1, 0.15) is 46.5 Å². The van der Waals surface area contributed by atoms with Gasteiger partial charge in [-0.15, -0.1) is 0 Å². The lowest BCUT2D eigenvalue weighted by molar-refractivity contribution is -0.133. The van der Waals surface area contributed by atoms with E-state index < -0.39 is 0 Å². The van der Waals surface area contributed by atoms with Gasteiger partial charge in [0.2, 0.25) is 5.91 Å². The summed E-state index contributed by atoms with van der Waals surface area (Å²) in [5.41, 5.74) is 0. The zero-order valence-electron chi connectivity index (χ0n) is 9.49. The van der Waals surface area contributed by atoms with Crippen LogP contribution in [0.15, 0.2) is 0 Å². The molecule has 3 unspecified atom stereocenters. The maximum absolute atomic E-state index is 12.0. The van der Waals surface area contributed by atoms with E-state index in [0.717, 1.165) is 12.3 Å². The van der Waals surface area contributed by atoms with Crippen LogP contribution in [-0.2, 0) is 4.79 Å². The summed E-state index contributed by atoms with van der Waals surface area (Å²) in [5, 5.41) is 0. The monoisotopic (exact) mass is 195 g/mol. The van der Waals surface area contributed by atoms with E-state index in [0.29, 0.717) is 23.9 Å². The van der Waals surface area contributed by atoms with Crippen molar-refractivity contribution in [2.24, 2.45) is 11.8 Å². The van der Waals surface area contributed by atoms with Crippen LogP contribution >= 0.6 is 0 Å². The largest absolute Gasteiger partial charge is 0.336 e. The number of carbonyl (C=O) groups excluding carboxylic acids is 1. The molecule has 2 aliphatic rings. The lowest BCUT2D eigenvalue weighted by Crippen LogP contribution is -2.36. The predicted octanol–water partition coefficient (Wildman–Crippen LogP) is 2.43. The third-order valence-corrected chi connectivity index (χ3v) is 3.72. The number of rotatable bonds is 2. The van der Waals surface area contributed by atoms with Gasteiger partial charge in [-0.2, -0.15) is 0 Å². The van der Waals surface area contributed by atoms with Crippen LogP contribution in [0.5, 0.6) is 0 Å². The van der Waals surface area contributed by atoms with Crippen molar-refractivity contribution in [1.29, 1.82) is 0 Å². The molecule has 0 spiro atoms. The van der Waals surface area contributed by atoms with Crippen molar-refractivity contribution in [3.63, 3.8) is 0 Å². The van der Waals surface area contributed by atoms with Crippen molar-refractivity contribution in [1.82, 2.24) is 4.90 Å². The van der Waals surface area contributed by atoms with Gasteiger partial charge in [0, 0.05) is 18.5 Å². The molecule has 0 N–H and O–H groups in total. The van der Waals surface area contributed by atoms with Crippen LogP contribution in [0.3, 0.4) is 0 Å². The van der Waals surface area contributed by atoms with Crippen LogP contribution in [0.4, 0.5) is 0 Å². The lowest BCUT2D eigenvalue weighted by Gasteiger charge is -2.24. The first kappa shape index (κ1) is 10.0. The maximum atomic E-state index is 12.0. The van der Waals surface area contributed by atoms with Gasteiger partial charge in [-0.05, 0) is 31.1 Å². The molecule has 2 rings (SSSR count). The predicted molar refractivity (Wildman–Crippen MR) is 56.9 cm³/mol. The molecule has 2 heteroatoms. The van der Waals surface area contributed by atoms with Crippen LogP contribution in [0.2, 0.25) is 0 Å². The average molecular weight is 195 g/mol. The van der Waals surface area contributed by atoms with E-state index in [1.807, 2.05) is 0 Å². The summed E-state index contributed by atoms with van der Waals surface area (Å²) in [5.74, 6) is 1.64. The van der Waals surface area contributed by atoms with E-state index in [-0.39, 0.29) is 0 Å². The molecule has 2 aliphatic heterocycles. The van der Waals surface area contributed by atoms with Crippen molar-refractivity contribution < 1.29 is 4.79 Å². The average Bonchev–Trinajstić information content (AvgIpc) is 2.58. The Kier molecular flexibility index (Phi) is 2.54. The summed E-state index contributed by atoms with van der Waals surface area (Å²) in [4.78, 5) is 14.2. The first-order chi connectivity index (χ1) is 6.59. The molecule has 0 aromatic carbocycles. The molecule has 0 radical (unpaired) electrons. The normalized spacial score (nSPS) is 35.7. The summed E-state index contributed by atoms with van der Waals surface area (Å²) >= 11 is 0. The lowest BCUT2D eigenvalue weighted by atomic mass is 9.91. The van der Waals surface area contributed by atoms with Crippen molar-refractivity contribution in [2.75, 3.05) is 0 Å². The number of hydrogen-bond acceptors (Lipinski definition) is 1. The Morgan fingerprint density at radius 2 is 2.14 bits per heavy atom. The second-order valence-corrected chi connectivity index (χ2v) is 5.41. The summed E-state index contributed by atoms with van der Waals surface area (Å²) in [6, 6.07) is 1.16. The molecule has 2 heterocycles. The Balaban J connectivity index is 2.02. The molecule has 1 amide bonds. The van der Waals surface area contributed by atoms with Crippen LogP contribution in [0, 0.1) is 11.8 Å². The van der Waals surface area contributed by atoms with Gasteiger partial charge in [-0.1, -0.05) is 20.8 Å². The first-order valence-corrected chi connectivity index (χ1v) is 5.90. The zero-order chi connectivity index (χ0) is 10.3. The fourth-order valence-corrected chi connectivity index (χ4v) is 3.13. The van der Waals surface area contributed by atoms with E-state index in [9.17, 15) is 4.79 Å². The highest BCUT2D eigenvalue weighted by atomic mass is 16.2. The maximum Gasteiger partial charge on any atom is 0.223 e. The molecule has 14 heavy (non-hydrogen) atoms. The number of amides is 1. The Morgan fingerprint density at radius 1 is 1.43 bits per heavy atom. The SMILES string of the molecule is CC(C)CC(=O)N1C2CCC1C(C)C2. The zero-order valence-corrected chi connectivity index (χ0v) is 9.49. The third-order valence-electron chi connectivity index (χ3n) is 3.72. The summed E-state index contributed by atoms with van der Waals surface area (Å²) in [6.45, 7) is 6.54. The molecule has 2 saturated heterocycles. The van der Waals surface area contributed by atoms with E-state index >= 15 is 0 Å². The number of carbonyl (C=O) groups is 1. The van der Waals surface area contributed by atoms with Gasteiger partial charge in [-0.25, -0.2) is 0 Å². The molecule has 2 bridgehead atoms. The second-order valence-electron chi connectivity index (χ2n) is 5.41. The highest BCUT2D eigenvalue weighted by Crippen LogP contribution is 2.41. The topological polar surface area (TPSA) is 20.3 Å². The second kappa shape index (κ2) is 3.56. The minimum atomic E-state index is 0.400. The molecule has 0 saturated carbocycles. The van der Waals surface area contributed by atoms with E-state index in [2.05, 4.69) is 25.7 Å². The minimum absolute atomic E-state index is 0.400. The molecule has 0 aliphatic carbocycles. The Labute approximate surface area is 86.7 Å². The highest BCUT2D eigenvalue weighted by molar-refractivity contribution is 5.77. The number of nitrogens with zero attached hydrogens (tertiary/aromatic N) is 1. The van der Waals surface area contributed by atoms with Gasteiger partial charge < -0.3 is 4.90 Å². The number of fused-ring (bicyclic) bond motifs is 2. The fourth-order valence-electron chi connectivity index (χ4n) is 3.13. The molecule has 80 valence electrons. The van der Waals surface area contributed by atoms with Crippen LogP contribution in [-0.4, -0.2) is 22.9 Å². The van der Waals surface area contributed by atoms with Crippen molar-refractivity contribution >= 4 is 5.91 Å². The first-order valence-electron chi connectivity index (χ1n) is 5.90. The Bertz CT molecular complexity index is 236. The van der Waals surface area contributed by atoms with Gasteiger partial charge in [0.15, 0.2) is 0 Å². The third kappa shape index (κ3) is 1.55. The molecular weight excluding hydrogens is 174 g/mol. The minimum Gasteiger partial charge on any atom is -0.336 e. The van der Waals surface area contributed by atoms with Gasteiger partial charge in [0.05, 0.1) is 0 Å². The van der Waals surface area contributed by atoms with Crippen molar-refractivity contribution in [2.45, 2.75) is 58.5 Å². The van der Waals surface area contributed by atoms with Gasteiger partial charge >= 0.3 is 0 Å². The molecule has 0 aromatic rings. The summed E-state index contributed by atoms with van der Waals surface area (Å²) < 4.78 is 0. The van der Waals surface area contributed by atoms with Crippen molar-refractivity contribution in [3.8, 4) is 0 Å². The van der Waals surface area contributed by atoms with E-state index in [1.165, 1.54) is 19.3 Å². The molecule has 0 aromatic heterocycles. The van der Waals surface area contributed by atoms with Gasteiger partial charge in [-0.3, -0.25) is 4.79 Å². The Hall–Kier alpha value is -0.530. The fraction of sp³-hybridized carbons (Fsp3) is 0.917.